The zero-order chi connectivity index (χ0) is 6.85. The van der Waals surface area contributed by atoms with Gasteiger partial charge in [0.15, 0.2) is 0 Å². The van der Waals surface area contributed by atoms with E-state index in [1.165, 1.54) is 6.42 Å². The summed E-state index contributed by atoms with van der Waals surface area (Å²) in [4.78, 5) is 0. The first-order valence-electron chi connectivity index (χ1n) is 3.71. The second kappa shape index (κ2) is 4.80. The molecule has 0 saturated heterocycles. The summed E-state index contributed by atoms with van der Waals surface area (Å²) >= 11 is 0. The molecule has 0 spiro atoms. The third-order valence-corrected chi connectivity index (χ3v) is 2.16. The molecular formula is C8H15OU-. The van der Waals surface area contributed by atoms with Gasteiger partial charge in [0.2, 0.25) is 0 Å². The number of aliphatic hydroxyl groups excluding tert-OH is 1. The van der Waals surface area contributed by atoms with Crippen LogP contribution in [0.5, 0.6) is 0 Å². The minimum Gasteiger partial charge on any atom is -0.396 e. The molecule has 1 nitrogen and oxygen atoms in total. The molecule has 0 bridgehead atoms. The zero-order valence-electron chi connectivity index (χ0n) is 6.67. The molecule has 0 amide bonds. The van der Waals surface area contributed by atoms with E-state index in [2.05, 4.69) is 20.3 Å². The fourth-order valence-electron chi connectivity index (χ4n) is 1.33. The quantitative estimate of drug-likeness (QED) is 0.647. The predicted molar refractivity (Wildman–Crippen MR) is 37.9 cm³/mol. The molecule has 0 radical (unpaired) electrons. The number of aliphatic hydroxyl groups is 1. The summed E-state index contributed by atoms with van der Waals surface area (Å²) < 4.78 is 0. The molecule has 3 unspecified atom stereocenters. The molecule has 58 valence electrons. The topological polar surface area (TPSA) is 20.2 Å². The predicted octanol–water partition coefficient (Wildman–Crippen LogP) is 1.62. The summed E-state index contributed by atoms with van der Waals surface area (Å²) in [6.07, 6.45) is 4.31. The van der Waals surface area contributed by atoms with Crippen LogP contribution >= 0.6 is 0 Å². The van der Waals surface area contributed by atoms with Crippen LogP contribution in [-0.2, 0) is 0 Å². The van der Waals surface area contributed by atoms with Gasteiger partial charge in [0.05, 0.1) is 0 Å². The molecule has 1 aliphatic rings. The van der Waals surface area contributed by atoms with Crippen molar-refractivity contribution in [2.45, 2.75) is 32.8 Å². The van der Waals surface area contributed by atoms with Gasteiger partial charge >= 0.3 is 0 Å². The van der Waals surface area contributed by atoms with Gasteiger partial charge in [-0.15, -0.1) is 5.92 Å². The Morgan fingerprint density at radius 2 is 2.00 bits per heavy atom. The largest absolute Gasteiger partial charge is 0.396 e. The summed E-state index contributed by atoms with van der Waals surface area (Å²) in [5.41, 5.74) is 0. The van der Waals surface area contributed by atoms with Crippen molar-refractivity contribution < 1.29 is 36.2 Å². The average Bonchev–Trinajstić information content (AvgIpc) is 1.80. The molecule has 0 aromatic heterocycles. The van der Waals surface area contributed by atoms with E-state index in [1.807, 2.05) is 0 Å². The third kappa shape index (κ3) is 2.95. The maximum Gasteiger partial charge on any atom is 0.0298 e. The van der Waals surface area contributed by atoms with Gasteiger partial charge in [-0.2, -0.15) is 6.42 Å². The fourth-order valence-corrected chi connectivity index (χ4v) is 1.33. The van der Waals surface area contributed by atoms with Crippen molar-refractivity contribution >= 4 is 0 Å². The van der Waals surface area contributed by atoms with Crippen LogP contribution in [0.3, 0.4) is 0 Å². The van der Waals surface area contributed by atoms with E-state index in [4.69, 9.17) is 0 Å². The molecule has 0 heterocycles. The van der Waals surface area contributed by atoms with Gasteiger partial charge in [0.1, 0.15) is 0 Å². The first-order chi connectivity index (χ1) is 4.20. The minimum absolute atomic E-state index is 0. The van der Waals surface area contributed by atoms with Crippen molar-refractivity contribution in [2.75, 3.05) is 0 Å². The molecule has 3 atom stereocenters. The van der Waals surface area contributed by atoms with Crippen molar-refractivity contribution in [3.05, 3.63) is 6.42 Å². The van der Waals surface area contributed by atoms with Crippen LogP contribution in [0.4, 0.5) is 0 Å². The molecule has 0 aromatic carbocycles. The maximum absolute atomic E-state index is 9.32. The smallest absolute Gasteiger partial charge is 0.0298 e. The van der Waals surface area contributed by atoms with E-state index < -0.39 is 0 Å². The number of rotatable bonds is 0. The Labute approximate surface area is 87.0 Å². The van der Waals surface area contributed by atoms with E-state index in [0.717, 1.165) is 6.42 Å². The van der Waals surface area contributed by atoms with Crippen molar-refractivity contribution in [1.82, 2.24) is 0 Å². The van der Waals surface area contributed by atoms with Crippen LogP contribution in [0.25, 0.3) is 0 Å². The van der Waals surface area contributed by atoms with Crippen molar-refractivity contribution in [2.24, 2.45) is 11.8 Å². The van der Waals surface area contributed by atoms with Crippen LogP contribution in [0.1, 0.15) is 26.7 Å². The first-order valence-corrected chi connectivity index (χ1v) is 3.71. The monoisotopic (exact) mass is 365 g/mol. The summed E-state index contributed by atoms with van der Waals surface area (Å²) in [6, 6.07) is 0. The average molecular weight is 365 g/mol. The fraction of sp³-hybridized carbons (Fsp3) is 0.875. The Kier molecular flexibility index (Phi) is 5.29. The van der Waals surface area contributed by atoms with Crippen LogP contribution in [-0.4, -0.2) is 11.2 Å². The van der Waals surface area contributed by atoms with Gasteiger partial charge in [-0.25, -0.2) is 0 Å². The Morgan fingerprint density at radius 3 is 2.40 bits per heavy atom. The normalized spacial score (nSPS) is 40.5. The molecule has 0 aromatic rings. The molecule has 1 aliphatic carbocycles. The zero-order valence-corrected chi connectivity index (χ0v) is 10.8. The Hall–Kier alpha value is 1.01. The second-order valence-electron chi connectivity index (χ2n) is 3.24. The van der Waals surface area contributed by atoms with E-state index in [0.29, 0.717) is 11.8 Å². The van der Waals surface area contributed by atoms with Crippen molar-refractivity contribution in [3.8, 4) is 0 Å². The summed E-state index contributed by atoms with van der Waals surface area (Å²) in [5.74, 6) is 1.11. The standard InChI is InChI=1S/C8H15O.U/c1-6-3-4-7(2)8(9)5-6;/h4,6-9H,3,5H2,1-2H3;/q-1;. The Balaban J connectivity index is 0.000000810. The van der Waals surface area contributed by atoms with Crippen LogP contribution in [0.2, 0.25) is 0 Å². The molecular weight excluding hydrogens is 350 g/mol. The van der Waals surface area contributed by atoms with E-state index in [9.17, 15) is 5.11 Å². The van der Waals surface area contributed by atoms with Crippen LogP contribution < -0.4 is 0 Å². The molecule has 1 rings (SSSR count). The molecule has 10 heavy (non-hydrogen) atoms. The van der Waals surface area contributed by atoms with Gasteiger partial charge in [-0.1, -0.05) is 19.8 Å². The number of hydrogen-bond donors (Lipinski definition) is 1. The number of hydrogen-bond acceptors (Lipinski definition) is 1. The Bertz CT molecular complexity index is 95.3. The molecule has 1 saturated carbocycles. The van der Waals surface area contributed by atoms with Gasteiger partial charge in [0, 0.05) is 37.2 Å². The van der Waals surface area contributed by atoms with E-state index in [1.54, 1.807) is 0 Å². The van der Waals surface area contributed by atoms with Crippen molar-refractivity contribution in [3.63, 3.8) is 0 Å². The molecule has 2 heteroatoms. The van der Waals surface area contributed by atoms with Gasteiger partial charge in [-0.3, -0.25) is 0 Å². The first kappa shape index (κ1) is 11.0. The van der Waals surface area contributed by atoms with E-state index in [-0.39, 0.29) is 37.2 Å². The van der Waals surface area contributed by atoms with Crippen molar-refractivity contribution in [1.29, 1.82) is 0 Å². The van der Waals surface area contributed by atoms with Gasteiger partial charge in [0.25, 0.3) is 0 Å². The van der Waals surface area contributed by atoms with Crippen LogP contribution in [0.15, 0.2) is 0 Å². The molecule has 0 aliphatic heterocycles. The molecule has 1 N–H and O–H groups in total. The van der Waals surface area contributed by atoms with Gasteiger partial charge < -0.3 is 11.5 Å². The van der Waals surface area contributed by atoms with Crippen LogP contribution in [0, 0.1) is 49.4 Å². The summed E-state index contributed by atoms with van der Waals surface area (Å²) in [6.45, 7) is 4.27. The maximum atomic E-state index is 9.32. The Morgan fingerprint density at radius 1 is 1.40 bits per heavy atom. The second-order valence-corrected chi connectivity index (χ2v) is 3.24. The summed E-state index contributed by atoms with van der Waals surface area (Å²) in [5, 5.41) is 9.32. The van der Waals surface area contributed by atoms with Gasteiger partial charge in [-0.05, 0) is 6.42 Å². The third-order valence-electron chi connectivity index (χ3n) is 2.16. The minimum atomic E-state index is -0.0752. The SMILES string of the molecule is CC1C[CH-]C(C)C(O)C1.[U]. The van der Waals surface area contributed by atoms with E-state index >= 15 is 0 Å². The summed E-state index contributed by atoms with van der Waals surface area (Å²) in [7, 11) is 0. The molecule has 1 fully saturated rings.